The largest absolute Gasteiger partial charge is 0.478 e. The zero-order valence-electron chi connectivity index (χ0n) is 12.6. The summed E-state index contributed by atoms with van der Waals surface area (Å²) in [7, 11) is 0. The summed E-state index contributed by atoms with van der Waals surface area (Å²) in [5, 5.41) is 14.7. The molecule has 0 amide bonds. The summed E-state index contributed by atoms with van der Waals surface area (Å²) in [6, 6.07) is 10.5. The number of hydrogen-bond donors (Lipinski definition) is 0. The van der Waals surface area contributed by atoms with Crippen molar-refractivity contribution < 1.29 is 18.6 Å². The molecule has 0 spiro atoms. The molecule has 122 valence electrons. The third-order valence-electron chi connectivity index (χ3n) is 3.24. The van der Waals surface area contributed by atoms with Crippen LogP contribution in [0.1, 0.15) is 11.4 Å². The third kappa shape index (κ3) is 3.37. The first-order valence-corrected chi connectivity index (χ1v) is 6.99. The number of aromatic nitrogens is 2. The Hall–Kier alpha value is -3.29. The van der Waals surface area contributed by atoms with E-state index < -0.39 is 10.7 Å². The van der Waals surface area contributed by atoms with Crippen molar-refractivity contribution in [2.75, 3.05) is 0 Å². The van der Waals surface area contributed by atoms with Gasteiger partial charge in [0, 0.05) is 17.7 Å². The summed E-state index contributed by atoms with van der Waals surface area (Å²) in [4.78, 5) is 14.4. The zero-order valence-corrected chi connectivity index (χ0v) is 12.6. The van der Waals surface area contributed by atoms with Gasteiger partial charge >= 0.3 is 5.69 Å². The van der Waals surface area contributed by atoms with Crippen LogP contribution in [0.5, 0.6) is 5.75 Å². The van der Waals surface area contributed by atoms with Gasteiger partial charge in [-0.15, -0.1) is 0 Å². The first-order valence-electron chi connectivity index (χ1n) is 6.99. The number of hydrogen-bond acceptors (Lipinski definition) is 6. The highest BCUT2D eigenvalue weighted by Crippen LogP contribution is 2.28. The highest BCUT2D eigenvalue weighted by molar-refractivity contribution is 5.53. The molecule has 0 fully saturated rings. The van der Waals surface area contributed by atoms with Gasteiger partial charge in [-0.3, -0.25) is 10.1 Å². The van der Waals surface area contributed by atoms with E-state index in [4.69, 9.17) is 9.26 Å². The van der Waals surface area contributed by atoms with E-state index >= 15 is 0 Å². The van der Waals surface area contributed by atoms with E-state index in [0.717, 1.165) is 29.3 Å². The fourth-order valence-corrected chi connectivity index (χ4v) is 2.02. The van der Waals surface area contributed by atoms with E-state index in [2.05, 4.69) is 10.1 Å². The van der Waals surface area contributed by atoms with Gasteiger partial charge in [-0.2, -0.15) is 4.98 Å². The minimum absolute atomic E-state index is 0.181. The summed E-state index contributed by atoms with van der Waals surface area (Å²) in [6.45, 7) is 1.78. The first kappa shape index (κ1) is 15.6. The molecule has 0 aliphatic carbocycles. The van der Waals surface area contributed by atoms with Crippen LogP contribution in [0.3, 0.4) is 0 Å². The van der Waals surface area contributed by atoms with Crippen LogP contribution in [0, 0.1) is 22.9 Å². The molecule has 0 unspecified atom stereocenters. The summed E-state index contributed by atoms with van der Waals surface area (Å²) < 4.78 is 23.6. The van der Waals surface area contributed by atoms with E-state index in [0.29, 0.717) is 5.89 Å². The van der Waals surface area contributed by atoms with Crippen LogP contribution in [0.25, 0.3) is 11.5 Å². The number of halogens is 1. The lowest BCUT2D eigenvalue weighted by Gasteiger charge is -2.04. The molecule has 3 aromatic rings. The number of ether oxygens (including phenoxy) is 1. The van der Waals surface area contributed by atoms with Gasteiger partial charge in [-0.05, 0) is 25.1 Å². The fourth-order valence-electron chi connectivity index (χ4n) is 2.02. The monoisotopic (exact) mass is 329 g/mol. The van der Waals surface area contributed by atoms with Crippen LogP contribution in [0.15, 0.2) is 47.0 Å². The molecule has 1 heterocycles. The van der Waals surface area contributed by atoms with Crippen LogP contribution < -0.4 is 4.74 Å². The van der Waals surface area contributed by atoms with Gasteiger partial charge in [0.05, 0.1) is 4.92 Å². The Kier molecular flexibility index (Phi) is 4.19. The van der Waals surface area contributed by atoms with Gasteiger partial charge in [0.25, 0.3) is 5.89 Å². The maximum Gasteiger partial charge on any atom is 0.311 e. The average molecular weight is 329 g/mol. The summed E-state index contributed by atoms with van der Waals surface area (Å²) in [5.41, 5.74) is 1.51. The standard InChI is InChI=1S/C16H12FN3O4/c1-10-2-4-11(5-3-10)16-18-15(19-24-16)9-23-14-8-12(17)6-7-13(14)20(21)22/h2-8H,9H2,1H3. The van der Waals surface area contributed by atoms with Crippen molar-refractivity contribution in [3.05, 3.63) is 69.8 Å². The normalized spacial score (nSPS) is 10.6. The molecule has 7 nitrogen and oxygen atoms in total. The lowest BCUT2D eigenvalue weighted by atomic mass is 10.1. The van der Waals surface area contributed by atoms with E-state index in [9.17, 15) is 14.5 Å². The molecule has 0 saturated heterocycles. The Morgan fingerprint density at radius 1 is 1.25 bits per heavy atom. The number of nitro groups is 1. The molecule has 1 aromatic heterocycles. The third-order valence-corrected chi connectivity index (χ3v) is 3.24. The molecule has 8 heteroatoms. The van der Waals surface area contributed by atoms with E-state index in [1.165, 1.54) is 0 Å². The van der Waals surface area contributed by atoms with Crippen molar-refractivity contribution in [3.8, 4) is 17.2 Å². The van der Waals surface area contributed by atoms with Crippen LogP contribution in [-0.4, -0.2) is 15.1 Å². The number of nitro benzene ring substituents is 1. The smallest absolute Gasteiger partial charge is 0.311 e. The van der Waals surface area contributed by atoms with Crippen LogP contribution in [0.2, 0.25) is 0 Å². The Labute approximate surface area is 135 Å². The van der Waals surface area contributed by atoms with Crippen LogP contribution in [-0.2, 0) is 6.61 Å². The molecule has 0 radical (unpaired) electrons. The first-order chi connectivity index (χ1) is 11.5. The Bertz CT molecular complexity index is 877. The van der Waals surface area contributed by atoms with Crippen molar-refractivity contribution >= 4 is 5.69 Å². The fraction of sp³-hybridized carbons (Fsp3) is 0.125. The van der Waals surface area contributed by atoms with Gasteiger partial charge in [0.2, 0.25) is 5.82 Å². The molecule has 0 bridgehead atoms. The molecule has 3 rings (SSSR count). The molecular weight excluding hydrogens is 317 g/mol. The van der Waals surface area contributed by atoms with Gasteiger partial charge in [0.15, 0.2) is 12.4 Å². The van der Waals surface area contributed by atoms with Crippen LogP contribution in [0.4, 0.5) is 10.1 Å². The number of nitrogens with zero attached hydrogens (tertiary/aromatic N) is 3. The number of benzene rings is 2. The van der Waals surface area contributed by atoms with Crippen molar-refractivity contribution in [1.29, 1.82) is 0 Å². The highest BCUT2D eigenvalue weighted by atomic mass is 19.1. The average Bonchev–Trinajstić information content (AvgIpc) is 3.02. The molecule has 24 heavy (non-hydrogen) atoms. The van der Waals surface area contributed by atoms with Gasteiger partial charge in [-0.1, -0.05) is 22.9 Å². The minimum Gasteiger partial charge on any atom is -0.478 e. The SMILES string of the molecule is Cc1ccc(-c2nc(COc3cc(F)ccc3[N+](=O)[O-])no2)cc1. The van der Waals surface area contributed by atoms with Gasteiger partial charge in [-0.25, -0.2) is 4.39 Å². The van der Waals surface area contributed by atoms with Crippen molar-refractivity contribution in [3.63, 3.8) is 0 Å². The maximum atomic E-state index is 13.2. The molecule has 2 aromatic carbocycles. The summed E-state index contributed by atoms with van der Waals surface area (Å²) >= 11 is 0. The lowest BCUT2D eigenvalue weighted by Crippen LogP contribution is -2.01. The highest BCUT2D eigenvalue weighted by Gasteiger charge is 2.17. The van der Waals surface area contributed by atoms with Gasteiger partial charge < -0.3 is 9.26 Å². The topological polar surface area (TPSA) is 91.3 Å². The molecule has 0 saturated carbocycles. The van der Waals surface area contributed by atoms with E-state index in [1.54, 1.807) is 0 Å². The predicted molar refractivity (Wildman–Crippen MR) is 81.9 cm³/mol. The maximum absolute atomic E-state index is 13.2. The Morgan fingerprint density at radius 3 is 2.71 bits per heavy atom. The summed E-state index contributed by atoms with van der Waals surface area (Å²) in [5.74, 6) is -0.322. The molecule has 0 atom stereocenters. The Balaban J connectivity index is 1.75. The molecule has 0 aliphatic heterocycles. The molecule has 0 N–H and O–H groups in total. The molecular formula is C16H12FN3O4. The lowest BCUT2D eigenvalue weighted by molar-refractivity contribution is -0.386. The second kappa shape index (κ2) is 6.45. The summed E-state index contributed by atoms with van der Waals surface area (Å²) in [6.07, 6.45) is 0. The van der Waals surface area contributed by atoms with Gasteiger partial charge in [0.1, 0.15) is 5.82 Å². The van der Waals surface area contributed by atoms with Crippen molar-refractivity contribution in [1.82, 2.24) is 10.1 Å². The predicted octanol–water partition coefficient (Wildman–Crippen LogP) is 3.67. The number of rotatable bonds is 5. The zero-order chi connectivity index (χ0) is 17.1. The van der Waals surface area contributed by atoms with E-state index in [1.807, 2.05) is 31.2 Å². The van der Waals surface area contributed by atoms with E-state index in [-0.39, 0.29) is 23.9 Å². The second-order valence-electron chi connectivity index (χ2n) is 5.04. The Morgan fingerprint density at radius 2 is 2.00 bits per heavy atom. The minimum atomic E-state index is -0.650. The van der Waals surface area contributed by atoms with Crippen molar-refractivity contribution in [2.45, 2.75) is 13.5 Å². The van der Waals surface area contributed by atoms with Crippen molar-refractivity contribution in [2.24, 2.45) is 0 Å². The number of aryl methyl sites for hydroxylation is 1. The second-order valence-corrected chi connectivity index (χ2v) is 5.04. The molecule has 0 aliphatic rings. The quantitative estimate of drug-likeness (QED) is 0.524. The van der Waals surface area contributed by atoms with Crippen LogP contribution >= 0.6 is 0 Å².